The van der Waals surface area contributed by atoms with Crippen molar-refractivity contribution < 1.29 is 19.1 Å². The molecule has 0 aliphatic heterocycles. The van der Waals surface area contributed by atoms with Crippen LogP contribution in [0, 0.1) is 0 Å². The number of ketones is 1. The highest BCUT2D eigenvalue weighted by Gasteiger charge is 2.12. The topological polar surface area (TPSA) is 72.5 Å². The summed E-state index contributed by atoms with van der Waals surface area (Å²) in [6, 6.07) is 9.32. The van der Waals surface area contributed by atoms with Gasteiger partial charge in [0.05, 0.1) is 7.11 Å². The predicted molar refractivity (Wildman–Crippen MR) is 79.8 cm³/mol. The highest BCUT2D eigenvalue weighted by Crippen LogP contribution is 2.09. The lowest BCUT2D eigenvalue weighted by Gasteiger charge is -2.04. The molecule has 0 saturated heterocycles. The fourth-order valence-electron chi connectivity index (χ4n) is 1.89. The summed E-state index contributed by atoms with van der Waals surface area (Å²) in [7, 11) is 1.20. The van der Waals surface area contributed by atoms with Gasteiger partial charge in [0, 0.05) is 18.5 Å². The SMILES string of the molecule is COC(=O)C(=O)CCCCCCC(=O)Nc1ccccc1. The van der Waals surface area contributed by atoms with Crippen LogP contribution < -0.4 is 5.32 Å². The predicted octanol–water partition coefficient (Wildman–Crippen LogP) is 2.71. The Kier molecular flexibility index (Phi) is 7.79. The summed E-state index contributed by atoms with van der Waals surface area (Å²) in [5.41, 5.74) is 0.797. The zero-order valence-corrected chi connectivity index (χ0v) is 12.3. The van der Waals surface area contributed by atoms with Crippen LogP contribution in [0.3, 0.4) is 0 Å². The van der Waals surface area contributed by atoms with E-state index in [4.69, 9.17) is 0 Å². The van der Waals surface area contributed by atoms with Crippen LogP contribution in [-0.4, -0.2) is 24.8 Å². The van der Waals surface area contributed by atoms with Gasteiger partial charge in [0.2, 0.25) is 11.7 Å². The summed E-state index contributed by atoms with van der Waals surface area (Å²) >= 11 is 0. The molecule has 5 nitrogen and oxygen atoms in total. The summed E-state index contributed by atoms with van der Waals surface area (Å²) in [6.07, 6.45) is 3.76. The number of carbonyl (C=O) groups is 3. The fraction of sp³-hybridized carbons (Fsp3) is 0.438. The van der Waals surface area contributed by atoms with Crippen LogP contribution in [0.2, 0.25) is 0 Å². The molecule has 0 atom stereocenters. The fourth-order valence-corrected chi connectivity index (χ4v) is 1.89. The van der Waals surface area contributed by atoms with Crippen LogP contribution in [0.5, 0.6) is 0 Å². The molecule has 0 bridgehead atoms. The molecule has 0 aliphatic carbocycles. The molecule has 0 fully saturated rings. The number of rotatable bonds is 9. The monoisotopic (exact) mass is 291 g/mol. The highest BCUT2D eigenvalue weighted by molar-refractivity contribution is 6.33. The number of hydrogen-bond acceptors (Lipinski definition) is 4. The number of para-hydroxylation sites is 1. The summed E-state index contributed by atoms with van der Waals surface area (Å²) in [4.78, 5) is 33.7. The molecular formula is C16H21NO4. The number of anilines is 1. The average Bonchev–Trinajstić information content (AvgIpc) is 2.50. The van der Waals surface area contributed by atoms with E-state index in [0.717, 1.165) is 24.9 Å². The Morgan fingerprint density at radius 2 is 1.57 bits per heavy atom. The van der Waals surface area contributed by atoms with Crippen molar-refractivity contribution in [3.63, 3.8) is 0 Å². The Balaban J connectivity index is 2.05. The second kappa shape index (κ2) is 9.69. The van der Waals surface area contributed by atoms with Crippen molar-refractivity contribution in [2.24, 2.45) is 0 Å². The number of nitrogens with one attached hydrogen (secondary N) is 1. The van der Waals surface area contributed by atoms with E-state index < -0.39 is 11.8 Å². The first-order valence-electron chi connectivity index (χ1n) is 7.09. The number of esters is 1. The summed E-state index contributed by atoms with van der Waals surface area (Å²) in [5, 5.41) is 2.82. The lowest BCUT2D eigenvalue weighted by Crippen LogP contribution is -2.14. The minimum Gasteiger partial charge on any atom is -0.463 e. The largest absolute Gasteiger partial charge is 0.463 e. The van der Waals surface area contributed by atoms with Gasteiger partial charge in [0.1, 0.15) is 0 Å². The average molecular weight is 291 g/mol. The lowest BCUT2D eigenvalue weighted by atomic mass is 10.1. The number of carbonyl (C=O) groups excluding carboxylic acids is 3. The molecule has 0 aliphatic rings. The molecule has 1 aromatic carbocycles. The summed E-state index contributed by atoms with van der Waals surface area (Å²) in [5.74, 6) is -1.27. The van der Waals surface area contributed by atoms with E-state index in [-0.39, 0.29) is 12.3 Å². The third kappa shape index (κ3) is 7.25. The summed E-state index contributed by atoms with van der Waals surface area (Å²) < 4.78 is 4.34. The zero-order chi connectivity index (χ0) is 15.5. The molecule has 0 saturated carbocycles. The van der Waals surface area contributed by atoms with Crippen molar-refractivity contribution in [1.82, 2.24) is 0 Å². The minimum absolute atomic E-state index is 0.00756. The molecule has 0 spiro atoms. The van der Waals surface area contributed by atoms with Gasteiger partial charge in [-0.25, -0.2) is 4.79 Å². The van der Waals surface area contributed by atoms with Gasteiger partial charge in [-0.05, 0) is 25.0 Å². The smallest absolute Gasteiger partial charge is 0.374 e. The van der Waals surface area contributed by atoms with Gasteiger partial charge in [0.15, 0.2) is 0 Å². The number of ether oxygens (including phenoxy) is 1. The quantitative estimate of drug-likeness (QED) is 0.431. The molecule has 1 N–H and O–H groups in total. The number of methoxy groups -OCH3 is 1. The van der Waals surface area contributed by atoms with Crippen LogP contribution in [0.15, 0.2) is 30.3 Å². The van der Waals surface area contributed by atoms with E-state index in [9.17, 15) is 14.4 Å². The molecule has 21 heavy (non-hydrogen) atoms. The van der Waals surface area contributed by atoms with Gasteiger partial charge in [-0.15, -0.1) is 0 Å². The minimum atomic E-state index is -0.780. The molecule has 0 aromatic heterocycles. The van der Waals surface area contributed by atoms with E-state index in [0.29, 0.717) is 12.8 Å². The van der Waals surface area contributed by atoms with Gasteiger partial charge < -0.3 is 10.1 Å². The molecular weight excluding hydrogens is 270 g/mol. The van der Waals surface area contributed by atoms with E-state index in [1.165, 1.54) is 7.11 Å². The maximum Gasteiger partial charge on any atom is 0.374 e. The molecule has 1 amide bonds. The number of amides is 1. The second-order valence-corrected chi connectivity index (χ2v) is 4.74. The first-order chi connectivity index (χ1) is 10.1. The third-order valence-electron chi connectivity index (χ3n) is 3.03. The second-order valence-electron chi connectivity index (χ2n) is 4.74. The Morgan fingerprint density at radius 3 is 2.19 bits per heavy atom. The molecule has 5 heteroatoms. The van der Waals surface area contributed by atoms with E-state index in [2.05, 4.69) is 10.1 Å². The Morgan fingerprint density at radius 1 is 0.952 bits per heavy atom. The maximum absolute atomic E-state index is 11.7. The van der Waals surface area contributed by atoms with E-state index in [1.54, 1.807) is 0 Å². The molecule has 1 rings (SSSR count). The first kappa shape index (κ1) is 16.9. The lowest BCUT2D eigenvalue weighted by molar-refractivity contribution is -0.151. The Bertz CT molecular complexity index is 470. The van der Waals surface area contributed by atoms with Crippen molar-refractivity contribution >= 4 is 23.3 Å². The number of Topliss-reactive ketones (excluding diaryl/α,β-unsaturated/α-hetero) is 1. The molecule has 0 unspecified atom stereocenters. The van der Waals surface area contributed by atoms with Crippen molar-refractivity contribution in [3.8, 4) is 0 Å². The summed E-state index contributed by atoms with van der Waals surface area (Å²) in [6.45, 7) is 0. The van der Waals surface area contributed by atoms with Crippen molar-refractivity contribution in [1.29, 1.82) is 0 Å². The van der Waals surface area contributed by atoms with Gasteiger partial charge in [-0.1, -0.05) is 31.0 Å². The molecule has 114 valence electrons. The first-order valence-corrected chi connectivity index (χ1v) is 7.09. The van der Waals surface area contributed by atoms with Crippen LogP contribution in [0.25, 0.3) is 0 Å². The molecule has 0 heterocycles. The Labute approximate surface area is 124 Å². The van der Waals surface area contributed by atoms with Crippen molar-refractivity contribution in [2.45, 2.75) is 38.5 Å². The molecule has 0 radical (unpaired) electrons. The van der Waals surface area contributed by atoms with Gasteiger partial charge in [-0.3, -0.25) is 9.59 Å². The normalized spacial score (nSPS) is 9.95. The van der Waals surface area contributed by atoms with Gasteiger partial charge in [-0.2, -0.15) is 0 Å². The third-order valence-corrected chi connectivity index (χ3v) is 3.03. The van der Waals surface area contributed by atoms with Crippen LogP contribution >= 0.6 is 0 Å². The van der Waals surface area contributed by atoms with Crippen LogP contribution in [-0.2, 0) is 19.1 Å². The zero-order valence-electron chi connectivity index (χ0n) is 12.3. The van der Waals surface area contributed by atoms with Gasteiger partial charge >= 0.3 is 5.97 Å². The van der Waals surface area contributed by atoms with Crippen LogP contribution in [0.1, 0.15) is 38.5 Å². The molecule has 1 aromatic rings. The Hall–Kier alpha value is -2.17. The van der Waals surface area contributed by atoms with E-state index >= 15 is 0 Å². The number of hydrogen-bond donors (Lipinski definition) is 1. The van der Waals surface area contributed by atoms with Crippen molar-refractivity contribution in [3.05, 3.63) is 30.3 Å². The maximum atomic E-state index is 11.7. The highest BCUT2D eigenvalue weighted by atomic mass is 16.5. The van der Waals surface area contributed by atoms with Gasteiger partial charge in [0.25, 0.3) is 0 Å². The number of unbranched alkanes of at least 4 members (excludes halogenated alkanes) is 3. The standard InChI is InChI=1S/C16H21NO4/c1-21-16(20)14(18)11-7-2-3-8-12-15(19)17-13-9-5-4-6-10-13/h4-6,9-10H,2-3,7-8,11-12H2,1H3,(H,17,19). The van der Waals surface area contributed by atoms with Crippen LogP contribution in [0.4, 0.5) is 5.69 Å². The number of benzene rings is 1. The van der Waals surface area contributed by atoms with Crippen molar-refractivity contribution in [2.75, 3.05) is 12.4 Å². The van der Waals surface area contributed by atoms with E-state index in [1.807, 2.05) is 30.3 Å².